The predicted molar refractivity (Wildman–Crippen MR) is 141 cm³/mol. The summed E-state index contributed by atoms with van der Waals surface area (Å²) >= 11 is 0. The van der Waals surface area contributed by atoms with Gasteiger partial charge >= 0.3 is 0 Å². The normalized spacial score (nSPS) is 10.8. The molecule has 0 radical (unpaired) electrons. The van der Waals surface area contributed by atoms with Crippen LogP contribution in [0.2, 0.25) is 0 Å². The number of aliphatic imine (C=N–C) groups is 1. The first-order valence-electron chi connectivity index (χ1n) is 10.3. The maximum absolute atomic E-state index is 12.2. The lowest BCUT2D eigenvalue weighted by Crippen LogP contribution is -2.30. The minimum atomic E-state index is -0.290. The van der Waals surface area contributed by atoms with Crippen molar-refractivity contribution in [1.29, 1.82) is 0 Å². The number of hydrogen-bond donors (Lipinski definition) is 3. The lowest BCUT2D eigenvalue weighted by molar-refractivity contribution is 0.0996. The molecule has 0 saturated carbocycles. The lowest BCUT2D eigenvalue weighted by Gasteiger charge is -2.14. The van der Waals surface area contributed by atoms with Gasteiger partial charge in [-0.25, -0.2) is 0 Å². The summed E-state index contributed by atoms with van der Waals surface area (Å²) in [6, 6.07) is 18.6. The van der Waals surface area contributed by atoms with Crippen LogP contribution in [0.15, 0.2) is 76.3 Å². The molecule has 0 fully saturated rings. The number of methoxy groups -OCH3 is 1. The molecule has 3 aromatic rings. The van der Waals surface area contributed by atoms with E-state index in [2.05, 4.69) is 20.9 Å². The molecule has 0 saturated heterocycles. The fourth-order valence-corrected chi connectivity index (χ4v) is 2.92. The molecule has 9 heteroatoms. The van der Waals surface area contributed by atoms with E-state index in [-0.39, 0.29) is 35.6 Å². The number of halogens is 1. The van der Waals surface area contributed by atoms with Gasteiger partial charge in [-0.1, -0.05) is 18.2 Å². The van der Waals surface area contributed by atoms with Gasteiger partial charge in [-0.2, -0.15) is 0 Å². The number of amides is 1. The summed E-state index contributed by atoms with van der Waals surface area (Å²) < 4.78 is 15.9. The highest BCUT2D eigenvalue weighted by Crippen LogP contribution is 2.18. The minimum Gasteiger partial charge on any atom is -0.493 e. The van der Waals surface area contributed by atoms with Crippen LogP contribution in [0.3, 0.4) is 0 Å². The maximum atomic E-state index is 12.2. The van der Waals surface area contributed by atoms with Crippen molar-refractivity contribution < 1.29 is 18.7 Å². The van der Waals surface area contributed by atoms with Crippen LogP contribution in [0.1, 0.15) is 22.5 Å². The second-order valence-electron chi connectivity index (χ2n) is 6.91. The highest BCUT2D eigenvalue weighted by atomic mass is 127. The van der Waals surface area contributed by atoms with Gasteiger partial charge in [-0.3, -0.25) is 9.79 Å². The Kier molecular flexibility index (Phi) is 11.3. The van der Waals surface area contributed by atoms with Crippen molar-refractivity contribution in [3.05, 3.63) is 78.3 Å². The van der Waals surface area contributed by atoms with E-state index in [0.29, 0.717) is 31.4 Å². The molecule has 0 bridgehead atoms. The van der Waals surface area contributed by atoms with Gasteiger partial charge in [0.05, 0.1) is 12.9 Å². The second-order valence-corrected chi connectivity index (χ2v) is 6.91. The zero-order valence-corrected chi connectivity index (χ0v) is 21.0. The Balaban J connectivity index is 0.00000385. The first kappa shape index (κ1) is 26.2. The molecule has 1 aromatic heterocycles. The summed E-state index contributed by atoms with van der Waals surface area (Å²) in [6.45, 7) is 1.79. The predicted octanol–water partition coefficient (Wildman–Crippen LogP) is 4.75. The fourth-order valence-electron chi connectivity index (χ4n) is 2.92. The Morgan fingerprint density at radius 1 is 1.00 bits per heavy atom. The molecule has 8 nitrogen and oxygen atoms in total. The molecule has 0 aliphatic carbocycles. The summed E-state index contributed by atoms with van der Waals surface area (Å²) in [6.07, 6.45) is 2.30. The molecular weight excluding hydrogens is 535 g/mol. The van der Waals surface area contributed by atoms with Crippen LogP contribution in [0.4, 0.5) is 11.4 Å². The van der Waals surface area contributed by atoms with E-state index in [9.17, 15) is 4.79 Å². The summed E-state index contributed by atoms with van der Waals surface area (Å²) in [5.74, 6) is 1.37. The summed E-state index contributed by atoms with van der Waals surface area (Å²) in [5, 5.41) is 9.36. The van der Waals surface area contributed by atoms with Gasteiger partial charge in [0.25, 0.3) is 5.91 Å². The minimum absolute atomic E-state index is 0. The lowest BCUT2D eigenvalue weighted by atomic mass is 10.2. The average Bonchev–Trinajstić information content (AvgIpc) is 3.35. The van der Waals surface area contributed by atoms with Crippen LogP contribution < -0.4 is 20.7 Å². The smallest absolute Gasteiger partial charge is 0.291 e. The van der Waals surface area contributed by atoms with Crippen LogP contribution in [0, 0.1) is 0 Å². The molecule has 176 valence electrons. The number of anilines is 2. The number of carbonyl (C=O) groups excluding carboxylic acids is 1. The number of guanidine groups is 1. The molecule has 3 rings (SSSR count). The molecule has 1 amide bonds. The molecule has 0 unspecified atom stereocenters. The Labute approximate surface area is 210 Å². The highest BCUT2D eigenvalue weighted by molar-refractivity contribution is 14.0. The summed E-state index contributed by atoms with van der Waals surface area (Å²) in [5.41, 5.74) is 2.54. The molecule has 0 spiro atoms. The third-order valence-electron chi connectivity index (χ3n) is 4.47. The molecule has 1 heterocycles. The zero-order chi connectivity index (χ0) is 22.6. The van der Waals surface area contributed by atoms with Crippen molar-refractivity contribution in [3.8, 4) is 5.75 Å². The van der Waals surface area contributed by atoms with Crippen LogP contribution in [-0.4, -0.2) is 39.2 Å². The van der Waals surface area contributed by atoms with Crippen molar-refractivity contribution in [1.82, 2.24) is 5.32 Å². The van der Waals surface area contributed by atoms with Crippen molar-refractivity contribution >= 4 is 47.2 Å². The third kappa shape index (κ3) is 8.78. The van der Waals surface area contributed by atoms with Gasteiger partial charge in [-0.15, -0.1) is 24.0 Å². The van der Waals surface area contributed by atoms with E-state index >= 15 is 0 Å². The Morgan fingerprint density at radius 3 is 2.52 bits per heavy atom. The Morgan fingerprint density at radius 2 is 1.79 bits per heavy atom. The number of rotatable bonds is 10. The van der Waals surface area contributed by atoms with Gasteiger partial charge in [0.15, 0.2) is 11.7 Å². The number of hydrogen-bond acceptors (Lipinski definition) is 5. The molecule has 0 aliphatic heterocycles. The van der Waals surface area contributed by atoms with Crippen molar-refractivity contribution in [3.63, 3.8) is 0 Å². The van der Waals surface area contributed by atoms with Gasteiger partial charge in [-0.05, 0) is 42.0 Å². The largest absolute Gasteiger partial charge is 0.493 e. The average molecular weight is 564 g/mol. The number of nitrogens with one attached hydrogen (secondary N) is 3. The number of ether oxygens (including phenoxy) is 2. The number of furan rings is 1. The van der Waals surface area contributed by atoms with Gasteiger partial charge in [0.2, 0.25) is 0 Å². The number of nitrogens with zero attached hydrogens (tertiary/aromatic N) is 1. The summed E-state index contributed by atoms with van der Waals surface area (Å²) in [7, 11) is 3.39. The summed E-state index contributed by atoms with van der Waals surface area (Å²) in [4.78, 5) is 16.4. The van der Waals surface area contributed by atoms with Crippen LogP contribution in [-0.2, 0) is 11.3 Å². The van der Waals surface area contributed by atoms with Gasteiger partial charge in [0.1, 0.15) is 5.75 Å². The second kappa shape index (κ2) is 14.2. The molecule has 3 N–H and O–H groups in total. The highest BCUT2D eigenvalue weighted by Gasteiger charge is 2.09. The molecule has 0 aliphatic rings. The van der Waals surface area contributed by atoms with Crippen molar-refractivity contribution in [2.45, 2.75) is 13.0 Å². The van der Waals surface area contributed by atoms with Crippen LogP contribution in [0.5, 0.6) is 5.75 Å². The van der Waals surface area contributed by atoms with Gasteiger partial charge < -0.3 is 29.8 Å². The van der Waals surface area contributed by atoms with E-state index in [1.807, 2.05) is 48.5 Å². The van der Waals surface area contributed by atoms with E-state index in [4.69, 9.17) is 13.9 Å². The topological polar surface area (TPSA) is 97.1 Å². The van der Waals surface area contributed by atoms with Gasteiger partial charge in [0, 0.05) is 51.2 Å². The van der Waals surface area contributed by atoms with Crippen LogP contribution in [0.25, 0.3) is 0 Å². The zero-order valence-electron chi connectivity index (χ0n) is 18.7. The standard InChI is InChI=1S/C24H28N4O4.HI/c1-25-24(28-20-9-4-10-21(16-20)31-14-6-12-30-2)26-17-18-7-3-8-19(15-18)27-23(29)22-11-5-13-32-22;/h3-5,7-11,13,15-16H,6,12,14,17H2,1-2H3,(H,27,29)(H2,25,26,28);1H. The van der Waals surface area contributed by atoms with Crippen LogP contribution >= 0.6 is 24.0 Å². The third-order valence-corrected chi connectivity index (χ3v) is 4.47. The molecule has 0 atom stereocenters. The molecule has 33 heavy (non-hydrogen) atoms. The first-order chi connectivity index (χ1) is 15.7. The fraction of sp³-hybridized carbons (Fsp3) is 0.250. The molecular formula is C24H29IN4O4. The maximum Gasteiger partial charge on any atom is 0.291 e. The van der Waals surface area contributed by atoms with E-state index in [0.717, 1.165) is 23.4 Å². The van der Waals surface area contributed by atoms with E-state index in [1.54, 1.807) is 26.3 Å². The van der Waals surface area contributed by atoms with Crippen molar-refractivity contribution in [2.75, 3.05) is 38.0 Å². The molecule has 2 aromatic carbocycles. The first-order valence-corrected chi connectivity index (χ1v) is 10.3. The van der Waals surface area contributed by atoms with E-state index < -0.39 is 0 Å². The monoisotopic (exact) mass is 564 g/mol. The SMILES string of the molecule is CN=C(NCc1cccc(NC(=O)c2ccco2)c1)Nc1cccc(OCCCOC)c1.I. The van der Waals surface area contributed by atoms with Crippen molar-refractivity contribution in [2.24, 2.45) is 4.99 Å². The Hall–Kier alpha value is -3.05. The number of benzene rings is 2. The Bertz CT molecular complexity index is 1020. The quantitative estimate of drug-likeness (QED) is 0.142. The van der Waals surface area contributed by atoms with E-state index in [1.165, 1.54) is 6.26 Å². The number of carbonyl (C=O) groups is 1.